The van der Waals surface area contributed by atoms with Crippen LogP contribution in [0.15, 0.2) is 36.5 Å². The van der Waals surface area contributed by atoms with Crippen LogP contribution in [0.4, 0.5) is 10.5 Å². The van der Waals surface area contributed by atoms with Crippen LogP contribution in [0.2, 0.25) is 5.02 Å². The molecule has 1 aliphatic heterocycles. The largest absolute Gasteiger partial charge is 0.335 e. The first-order chi connectivity index (χ1) is 12.9. The van der Waals surface area contributed by atoms with Crippen LogP contribution in [0.3, 0.4) is 0 Å². The van der Waals surface area contributed by atoms with Crippen LogP contribution in [-0.2, 0) is 9.59 Å². The monoisotopic (exact) mass is 394 g/mol. The van der Waals surface area contributed by atoms with Crippen molar-refractivity contribution in [2.75, 3.05) is 31.1 Å². The van der Waals surface area contributed by atoms with Crippen LogP contribution in [0.5, 0.6) is 0 Å². The molecule has 1 fully saturated rings. The van der Waals surface area contributed by atoms with E-state index in [0.717, 1.165) is 24.5 Å². The molecule has 8 nitrogen and oxygen atoms in total. The molecule has 0 aromatic heterocycles. The maximum absolute atomic E-state index is 12.8. The van der Waals surface area contributed by atoms with Crippen molar-refractivity contribution in [2.24, 2.45) is 5.92 Å². The van der Waals surface area contributed by atoms with E-state index in [1.807, 2.05) is 0 Å². The van der Waals surface area contributed by atoms with Gasteiger partial charge in [0.25, 0.3) is 5.91 Å². The Balaban J connectivity index is 2.03. The number of nitrogens with one attached hydrogen (secondary N) is 4. The molecule has 27 heavy (non-hydrogen) atoms. The lowest BCUT2D eigenvalue weighted by Crippen LogP contribution is -3.12. The van der Waals surface area contributed by atoms with E-state index in [0.29, 0.717) is 17.3 Å². The average molecular weight is 395 g/mol. The predicted octanol–water partition coefficient (Wildman–Crippen LogP) is 0.0716. The van der Waals surface area contributed by atoms with E-state index in [9.17, 15) is 14.4 Å². The highest BCUT2D eigenvalue weighted by atomic mass is 35.5. The van der Waals surface area contributed by atoms with Gasteiger partial charge in [-0.15, -0.1) is 0 Å². The molecule has 1 saturated heterocycles. The number of rotatable bonds is 9. The summed E-state index contributed by atoms with van der Waals surface area (Å²) in [6.45, 7) is 11.6. The number of urea groups is 1. The minimum absolute atomic E-state index is 0.179. The van der Waals surface area contributed by atoms with E-state index < -0.39 is 23.8 Å². The number of imide groups is 2. The molecule has 0 spiro atoms. The van der Waals surface area contributed by atoms with E-state index in [1.165, 1.54) is 17.0 Å². The summed E-state index contributed by atoms with van der Waals surface area (Å²) in [6, 6.07) is 5.40. The number of barbiturate groups is 1. The minimum Gasteiger partial charge on any atom is -0.334 e. The van der Waals surface area contributed by atoms with Gasteiger partial charge >= 0.3 is 6.03 Å². The topological polar surface area (TPSA) is 95.0 Å². The van der Waals surface area contributed by atoms with Gasteiger partial charge in [-0.1, -0.05) is 18.2 Å². The van der Waals surface area contributed by atoms with Crippen molar-refractivity contribution >= 4 is 35.1 Å². The fraction of sp³-hybridized carbons (Fsp3) is 0.389. The summed E-state index contributed by atoms with van der Waals surface area (Å²) in [7, 11) is 0. The van der Waals surface area contributed by atoms with Gasteiger partial charge in [0.2, 0.25) is 5.91 Å². The van der Waals surface area contributed by atoms with Crippen LogP contribution in [0.1, 0.15) is 13.8 Å². The molecule has 146 valence electrons. The molecule has 0 radical (unpaired) electrons. The van der Waals surface area contributed by atoms with Gasteiger partial charge in [-0.2, -0.15) is 0 Å². The van der Waals surface area contributed by atoms with Crippen LogP contribution in [0, 0.1) is 5.92 Å². The highest BCUT2D eigenvalue weighted by molar-refractivity contribution is 6.31. The van der Waals surface area contributed by atoms with Crippen LogP contribution in [-0.4, -0.2) is 44.0 Å². The van der Waals surface area contributed by atoms with Crippen LogP contribution >= 0.6 is 11.6 Å². The van der Waals surface area contributed by atoms with Crippen molar-refractivity contribution in [3.05, 3.63) is 41.6 Å². The highest BCUT2D eigenvalue weighted by Gasteiger charge is 2.42. The molecule has 0 bridgehead atoms. The first kappa shape index (κ1) is 20.9. The number of carbonyl (C=O) groups excluding carboxylic acids is 3. The van der Waals surface area contributed by atoms with Gasteiger partial charge in [-0.05, 0) is 38.1 Å². The zero-order chi connectivity index (χ0) is 20.0. The molecule has 1 heterocycles. The summed E-state index contributed by atoms with van der Waals surface area (Å²) >= 11 is 5.85. The molecular formula is C18H25ClN5O3+. The van der Waals surface area contributed by atoms with Crippen molar-refractivity contribution in [3.8, 4) is 0 Å². The standard InChI is InChI=1S/C18H24ClN5O3/c1-4-23(5-2)11-10-20-22-12(3)15-16(25)21-18(27)24(17(15)26)14-8-6-13(19)7-9-14/h6-9,15,20,22H,3-5,10-11H2,1-2H3,(H,21,25,27)/p+1/t15-/m0/s1. The number of nitrogens with zero attached hydrogens (tertiary/aromatic N) is 1. The number of hydrazine groups is 1. The van der Waals surface area contributed by atoms with Gasteiger partial charge in [0.1, 0.15) is 0 Å². The number of hydrogen-bond donors (Lipinski definition) is 4. The molecule has 1 atom stereocenters. The number of likely N-dealkylation sites (N-methyl/N-ethyl adjacent to an activating group) is 1. The van der Waals surface area contributed by atoms with Crippen molar-refractivity contribution < 1.29 is 19.3 Å². The highest BCUT2D eigenvalue weighted by Crippen LogP contribution is 2.24. The van der Waals surface area contributed by atoms with Crippen LogP contribution in [0.25, 0.3) is 0 Å². The molecule has 1 aliphatic rings. The lowest BCUT2D eigenvalue weighted by Gasteiger charge is -2.31. The Morgan fingerprint density at radius 3 is 2.44 bits per heavy atom. The average Bonchev–Trinajstić information content (AvgIpc) is 2.63. The second-order valence-electron chi connectivity index (χ2n) is 6.16. The second kappa shape index (κ2) is 9.50. The Kier molecular flexibility index (Phi) is 7.35. The second-order valence-corrected chi connectivity index (χ2v) is 6.60. The normalized spacial score (nSPS) is 17.3. The van der Waals surface area contributed by atoms with Crippen molar-refractivity contribution in [1.82, 2.24) is 16.2 Å². The molecule has 4 N–H and O–H groups in total. The Morgan fingerprint density at radius 2 is 1.85 bits per heavy atom. The Bertz CT molecular complexity index is 718. The molecule has 9 heteroatoms. The summed E-state index contributed by atoms with van der Waals surface area (Å²) in [5.41, 5.74) is 6.29. The third-order valence-electron chi connectivity index (χ3n) is 4.45. The maximum atomic E-state index is 12.8. The fourth-order valence-electron chi connectivity index (χ4n) is 2.81. The first-order valence-corrected chi connectivity index (χ1v) is 9.22. The first-order valence-electron chi connectivity index (χ1n) is 8.84. The van der Waals surface area contributed by atoms with Crippen molar-refractivity contribution in [3.63, 3.8) is 0 Å². The number of anilines is 1. The SMILES string of the molecule is C=C(NNCC[NH+](CC)CC)[C@H]1C(=O)NC(=O)N(c2ccc(Cl)cc2)C1=O. The summed E-state index contributed by atoms with van der Waals surface area (Å²) < 4.78 is 0. The number of benzene rings is 1. The molecule has 4 amide bonds. The maximum Gasteiger partial charge on any atom is 0.335 e. The van der Waals surface area contributed by atoms with Gasteiger partial charge in [-0.25, -0.2) is 15.1 Å². The van der Waals surface area contributed by atoms with Gasteiger partial charge in [0, 0.05) is 10.7 Å². The Labute approximate surface area is 163 Å². The third-order valence-corrected chi connectivity index (χ3v) is 4.70. The van der Waals surface area contributed by atoms with Crippen molar-refractivity contribution in [2.45, 2.75) is 13.8 Å². The van der Waals surface area contributed by atoms with E-state index in [2.05, 4.69) is 36.6 Å². The Hall–Kier alpha value is -2.42. The molecule has 0 saturated carbocycles. The quantitative estimate of drug-likeness (QED) is 0.270. The number of quaternary nitrogens is 1. The predicted molar refractivity (Wildman–Crippen MR) is 103 cm³/mol. The zero-order valence-corrected chi connectivity index (χ0v) is 16.2. The third kappa shape index (κ3) is 5.06. The summed E-state index contributed by atoms with van der Waals surface area (Å²) in [4.78, 5) is 39.4. The van der Waals surface area contributed by atoms with E-state index in [1.54, 1.807) is 12.1 Å². The zero-order valence-electron chi connectivity index (χ0n) is 15.5. The lowest BCUT2D eigenvalue weighted by molar-refractivity contribution is -0.895. The molecule has 0 aliphatic carbocycles. The Morgan fingerprint density at radius 1 is 1.22 bits per heavy atom. The molecule has 2 rings (SSSR count). The van der Waals surface area contributed by atoms with E-state index >= 15 is 0 Å². The van der Waals surface area contributed by atoms with Crippen LogP contribution < -0.4 is 26.0 Å². The summed E-state index contributed by atoms with van der Waals surface area (Å²) in [5, 5.41) is 2.67. The number of carbonyl (C=O) groups is 3. The number of amides is 4. The summed E-state index contributed by atoms with van der Waals surface area (Å²) in [6.07, 6.45) is 0. The summed E-state index contributed by atoms with van der Waals surface area (Å²) in [5.74, 6) is -2.59. The minimum atomic E-state index is -1.22. The van der Waals surface area contributed by atoms with E-state index in [-0.39, 0.29) is 5.70 Å². The van der Waals surface area contributed by atoms with Crippen molar-refractivity contribution in [1.29, 1.82) is 0 Å². The van der Waals surface area contributed by atoms with Gasteiger partial charge in [0.05, 0.1) is 31.9 Å². The molecule has 1 aromatic carbocycles. The smallest absolute Gasteiger partial charge is 0.334 e. The fourth-order valence-corrected chi connectivity index (χ4v) is 2.93. The molecular weight excluding hydrogens is 370 g/mol. The van der Waals surface area contributed by atoms with Gasteiger partial charge in [-0.3, -0.25) is 14.9 Å². The lowest BCUT2D eigenvalue weighted by atomic mass is 10.0. The molecule has 0 unspecified atom stereocenters. The number of halogens is 1. The van der Waals surface area contributed by atoms with Gasteiger partial charge in [0.15, 0.2) is 5.92 Å². The number of hydrogen-bond acceptors (Lipinski definition) is 5. The molecule has 1 aromatic rings. The van der Waals surface area contributed by atoms with Gasteiger partial charge < -0.3 is 10.3 Å². The van der Waals surface area contributed by atoms with E-state index in [4.69, 9.17) is 11.6 Å².